The fourth-order valence-electron chi connectivity index (χ4n) is 3.18. The van der Waals surface area contributed by atoms with E-state index < -0.39 is 43.2 Å². The zero-order chi connectivity index (χ0) is 18.8. The number of carbonyl (C=O) groups is 1. The number of carbonyl (C=O) groups excluding carboxylic acids is 1. The van der Waals surface area contributed by atoms with Crippen LogP contribution in [0.25, 0.3) is 10.8 Å². The van der Waals surface area contributed by atoms with Gasteiger partial charge in [-0.1, -0.05) is 24.3 Å². The average molecular weight is 363 g/mol. The highest BCUT2D eigenvalue weighted by molar-refractivity contribution is 5.91. The summed E-state index contributed by atoms with van der Waals surface area (Å²) in [7, 11) is 0. The smallest absolute Gasteiger partial charge is 0.224 e. The van der Waals surface area contributed by atoms with Crippen LogP contribution in [0, 0.1) is 0 Å². The second-order valence-electron chi connectivity index (χ2n) is 6.32. The van der Waals surface area contributed by atoms with Gasteiger partial charge < -0.3 is 35.6 Å². The van der Waals surface area contributed by atoms with Crippen LogP contribution in [0.5, 0.6) is 5.75 Å². The zero-order valence-corrected chi connectivity index (χ0v) is 13.8. The minimum absolute atomic E-state index is 0.0220. The molecular formula is C18H21NO7. The molecule has 0 aliphatic carbocycles. The lowest BCUT2D eigenvalue weighted by Crippen LogP contribution is -2.64. The number of ether oxygens (including phenoxy) is 1. The van der Waals surface area contributed by atoms with Gasteiger partial charge in [-0.05, 0) is 28.5 Å². The maximum atomic E-state index is 12.4. The second-order valence-corrected chi connectivity index (χ2v) is 6.32. The lowest BCUT2D eigenvalue weighted by atomic mass is 9.96. The first kappa shape index (κ1) is 18.6. The first-order valence-electron chi connectivity index (χ1n) is 8.21. The standard InChI is InChI=1S/C18H21NO7/c20-8-13-16(23)17(24)15(18(25)26-13)19-14(22)7-10-6-11(21)5-9-3-1-2-4-12(9)10/h1-6,13,15-18,20-21,23-25H,7-8H2,(H,19,22)/t13-,15-,16-,17-,18-/m1/s1. The van der Waals surface area contributed by atoms with E-state index in [-0.39, 0.29) is 12.2 Å². The van der Waals surface area contributed by atoms with Crippen molar-refractivity contribution in [3.8, 4) is 5.75 Å². The molecule has 2 aromatic carbocycles. The van der Waals surface area contributed by atoms with Gasteiger partial charge in [-0.2, -0.15) is 0 Å². The highest BCUT2D eigenvalue weighted by Gasteiger charge is 2.44. The van der Waals surface area contributed by atoms with E-state index in [0.717, 1.165) is 10.8 Å². The molecule has 140 valence electrons. The summed E-state index contributed by atoms with van der Waals surface area (Å²) in [5, 5.41) is 52.8. The molecule has 8 nitrogen and oxygen atoms in total. The van der Waals surface area contributed by atoms with Crippen molar-refractivity contribution >= 4 is 16.7 Å². The summed E-state index contributed by atoms with van der Waals surface area (Å²) in [6.07, 6.45) is -5.76. The van der Waals surface area contributed by atoms with Gasteiger partial charge in [-0.15, -0.1) is 0 Å². The van der Waals surface area contributed by atoms with Crippen molar-refractivity contribution in [3.05, 3.63) is 42.0 Å². The summed E-state index contributed by atoms with van der Waals surface area (Å²) < 4.78 is 5.01. The molecule has 8 heteroatoms. The monoisotopic (exact) mass is 363 g/mol. The molecular weight excluding hydrogens is 342 g/mol. The van der Waals surface area contributed by atoms with Crippen LogP contribution in [0.4, 0.5) is 0 Å². The van der Waals surface area contributed by atoms with Crippen LogP contribution in [0.15, 0.2) is 36.4 Å². The molecule has 3 rings (SSSR count). The molecule has 1 amide bonds. The number of hydrogen-bond acceptors (Lipinski definition) is 7. The van der Waals surface area contributed by atoms with Crippen LogP contribution in [-0.2, 0) is 16.0 Å². The first-order chi connectivity index (χ1) is 12.4. The Balaban J connectivity index is 1.75. The number of rotatable bonds is 4. The van der Waals surface area contributed by atoms with Crippen LogP contribution < -0.4 is 5.32 Å². The Hall–Kier alpha value is -2.23. The van der Waals surface area contributed by atoms with Crippen molar-refractivity contribution in [1.82, 2.24) is 5.32 Å². The van der Waals surface area contributed by atoms with Crippen LogP contribution in [0.3, 0.4) is 0 Å². The van der Waals surface area contributed by atoms with Gasteiger partial charge in [0.2, 0.25) is 5.91 Å². The third-order valence-corrected chi connectivity index (χ3v) is 4.51. The summed E-state index contributed by atoms with van der Waals surface area (Å²) in [4.78, 5) is 12.4. The molecule has 1 saturated heterocycles. The van der Waals surface area contributed by atoms with Gasteiger partial charge in [-0.25, -0.2) is 0 Å². The summed E-state index contributed by atoms with van der Waals surface area (Å²) in [6, 6.07) is 9.08. The minimum atomic E-state index is -1.57. The number of amides is 1. The van der Waals surface area contributed by atoms with Gasteiger partial charge in [0.15, 0.2) is 6.29 Å². The van der Waals surface area contributed by atoms with Crippen LogP contribution in [0.1, 0.15) is 5.56 Å². The predicted molar refractivity (Wildman–Crippen MR) is 91.2 cm³/mol. The molecule has 5 atom stereocenters. The molecule has 1 aliphatic heterocycles. The largest absolute Gasteiger partial charge is 0.508 e. The molecule has 0 saturated carbocycles. The number of phenolic OH excluding ortho intramolecular Hbond substituents is 1. The Kier molecular flexibility index (Phi) is 5.40. The Bertz CT molecular complexity index is 796. The molecule has 26 heavy (non-hydrogen) atoms. The third kappa shape index (κ3) is 3.64. The maximum absolute atomic E-state index is 12.4. The fourth-order valence-corrected chi connectivity index (χ4v) is 3.18. The number of nitrogens with one attached hydrogen (secondary N) is 1. The van der Waals surface area contributed by atoms with Crippen molar-refractivity contribution in [2.24, 2.45) is 0 Å². The zero-order valence-electron chi connectivity index (χ0n) is 13.8. The number of benzene rings is 2. The third-order valence-electron chi connectivity index (χ3n) is 4.51. The molecule has 2 aromatic rings. The quantitative estimate of drug-likeness (QED) is 0.410. The van der Waals surface area contributed by atoms with E-state index >= 15 is 0 Å². The van der Waals surface area contributed by atoms with Crippen LogP contribution >= 0.6 is 0 Å². The normalized spacial score (nSPS) is 28.8. The predicted octanol–water partition coefficient (Wildman–Crippen LogP) is -0.996. The topological polar surface area (TPSA) is 139 Å². The minimum Gasteiger partial charge on any atom is -0.508 e. The maximum Gasteiger partial charge on any atom is 0.224 e. The van der Waals surface area contributed by atoms with E-state index in [1.165, 1.54) is 6.07 Å². The Morgan fingerprint density at radius 2 is 1.85 bits per heavy atom. The molecule has 1 aliphatic rings. The Morgan fingerprint density at radius 1 is 1.12 bits per heavy atom. The van der Waals surface area contributed by atoms with Crippen LogP contribution in [-0.4, -0.2) is 68.7 Å². The van der Waals surface area contributed by atoms with E-state index in [2.05, 4.69) is 5.32 Å². The van der Waals surface area contributed by atoms with Crippen molar-refractivity contribution in [3.63, 3.8) is 0 Å². The van der Waals surface area contributed by atoms with Gasteiger partial charge in [0.1, 0.15) is 30.1 Å². The van der Waals surface area contributed by atoms with Gasteiger partial charge in [-0.3, -0.25) is 4.79 Å². The van der Waals surface area contributed by atoms with Gasteiger partial charge in [0.05, 0.1) is 13.0 Å². The number of aromatic hydroxyl groups is 1. The number of aliphatic hydroxyl groups excluding tert-OH is 4. The van der Waals surface area contributed by atoms with E-state index in [1.807, 2.05) is 24.3 Å². The lowest BCUT2D eigenvalue weighted by Gasteiger charge is -2.40. The molecule has 0 bridgehead atoms. The summed E-state index contributed by atoms with van der Waals surface area (Å²) in [5.41, 5.74) is 0.576. The Morgan fingerprint density at radius 3 is 2.58 bits per heavy atom. The number of aliphatic hydroxyl groups is 4. The van der Waals surface area contributed by atoms with Crippen LogP contribution in [0.2, 0.25) is 0 Å². The number of hydrogen-bond donors (Lipinski definition) is 6. The van der Waals surface area contributed by atoms with Crippen molar-refractivity contribution in [2.75, 3.05) is 6.61 Å². The molecule has 1 fully saturated rings. The highest BCUT2D eigenvalue weighted by atomic mass is 16.6. The molecule has 6 N–H and O–H groups in total. The molecule has 0 unspecified atom stereocenters. The Labute approximate surface area is 149 Å². The van der Waals surface area contributed by atoms with Gasteiger partial charge in [0.25, 0.3) is 0 Å². The van der Waals surface area contributed by atoms with Crippen molar-refractivity contribution in [1.29, 1.82) is 0 Å². The van der Waals surface area contributed by atoms with E-state index in [9.17, 15) is 25.2 Å². The van der Waals surface area contributed by atoms with Crippen molar-refractivity contribution < 1.29 is 35.1 Å². The van der Waals surface area contributed by atoms with Crippen molar-refractivity contribution in [2.45, 2.75) is 37.1 Å². The highest BCUT2D eigenvalue weighted by Crippen LogP contribution is 2.25. The number of fused-ring (bicyclic) bond motifs is 1. The van der Waals surface area contributed by atoms with Gasteiger partial charge in [0, 0.05) is 0 Å². The first-order valence-corrected chi connectivity index (χ1v) is 8.21. The van der Waals surface area contributed by atoms with E-state index in [0.29, 0.717) is 5.56 Å². The number of phenols is 1. The molecule has 1 heterocycles. The summed E-state index contributed by atoms with van der Waals surface area (Å²) >= 11 is 0. The molecule has 0 radical (unpaired) electrons. The van der Waals surface area contributed by atoms with Gasteiger partial charge >= 0.3 is 0 Å². The van der Waals surface area contributed by atoms with E-state index in [1.54, 1.807) is 6.07 Å². The fraction of sp³-hybridized carbons (Fsp3) is 0.389. The summed E-state index contributed by atoms with van der Waals surface area (Å²) in [5.74, 6) is -0.504. The molecule has 0 aromatic heterocycles. The molecule has 0 spiro atoms. The SMILES string of the molecule is O=C(Cc1cc(O)cc2ccccc12)N[C@@H]1[C@@H](O)[C@H](O)[C@@H](CO)O[C@H]1O. The van der Waals surface area contributed by atoms with E-state index in [4.69, 9.17) is 9.84 Å². The second kappa shape index (κ2) is 7.56. The average Bonchev–Trinajstić information content (AvgIpc) is 2.61. The summed E-state index contributed by atoms with van der Waals surface area (Å²) in [6.45, 7) is -0.578. The lowest BCUT2D eigenvalue weighted by molar-refractivity contribution is -0.253.